The van der Waals surface area contributed by atoms with Crippen LogP contribution in [0.15, 0.2) is 18.3 Å². The van der Waals surface area contributed by atoms with Gasteiger partial charge in [-0.1, -0.05) is 0 Å². The first-order chi connectivity index (χ1) is 11.1. The van der Waals surface area contributed by atoms with E-state index < -0.39 is 0 Å². The smallest absolute Gasteiger partial charge is 0.213 e. The molecule has 0 aliphatic carbocycles. The predicted octanol–water partition coefficient (Wildman–Crippen LogP) is 2.58. The van der Waals surface area contributed by atoms with Crippen molar-refractivity contribution < 1.29 is 9.47 Å². The first kappa shape index (κ1) is 15.7. The number of nitrogens with zero attached hydrogens (tertiary/aromatic N) is 3. The number of anilines is 1. The van der Waals surface area contributed by atoms with Gasteiger partial charge in [0.15, 0.2) is 0 Å². The fourth-order valence-electron chi connectivity index (χ4n) is 2.53. The third-order valence-electron chi connectivity index (χ3n) is 3.94. The van der Waals surface area contributed by atoms with Crippen LogP contribution in [0.1, 0.15) is 29.1 Å². The molecule has 0 aromatic carbocycles. The summed E-state index contributed by atoms with van der Waals surface area (Å²) in [5.41, 5.74) is 3.17. The highest BCUT2D eigenvalue weighted by molar-refractivity contribution is 5.46. The van der Waals surface area contributed by atoms with Crippen LogP contribution in [-0.4, -0.2) is 34.3 Å². The highest BCUT2D eigenvalue weighted by atomic mass is 16.5. The van der Waals surface area contributed by atoms with E-state index in [2.05, 4.69) is 20.3 Å². The van der Waals surface area contributed by atoms with Crippen molar-refractivity contribution in [3.8, 4) is 5.88 Å². The molecule has 0 spiro atoms. The second-order valence-corrected chi connectivity index (χ2v) is 5.79. The van der Waals surface area contributed by atoms with Gasteiger partial charge in [0, 0.05) is 36.5 Å². The fourth-order valence-corrected chi connectivity index (χ4v) is 2.53. The first-order valence-electron chi connectivity index (χ1n) is 7.87. The Balaban J connectivity index is 1.66. The van der Waals surface area contributed by atoms with E-state index in [0.717, 1.165) is 41.5 Å². The molecule has 6 nitrogen and oxygen atoms in total. The number of hydrogen-bond acceptors (Lipinski definition) is 6. The lowest BCUT2D eigenvalue weighted by Gasteiger charge is -2.13. The van der Waals surface area contributed by atoms with Gasteiger partial charge in [-0.3, -0.25) is 0 Å². The van der Waals surface area contributed by atoms with Crippen molar-refractivity contribution in [3.05, 3.63) is 41.0 Å². The zero-order chi connectivity index (χ0) is 16.2. The molecule has 2 aromatic heterocycles. The van der Waals surface area contributed by atoms with E-state index in [4.69, 9.17) is 9.47 Å². The molecule has 0 radical (unpaired) electrons. The van der Waals surface area contributed by atoms with Crippen molar-refractivity contribution in [2.75, 3.05) is 18.5 Å². The molecule has 6 heteroatoms. The molecule has 0 amide bonds. The minimum Gasteiger partial charge on any atom is -0.472 e. The van der Waals surface area contributed by atoms with Crippen molar-refractivity contribution in [3.63, 3.8) is 0 Å². The van der Waals surface area contributed by atoms with Crippen LogP contribution in [0, 0.1) is 20.8 Å². The van der Waals surface area contributed by atoms with Gasteiger partial charge in [-0.05, 0) is 32.4 Å². The van der Waals surface area contributed by atoms with Crippen molar-refractivity contribution in [1.29, 1.82) is 0 Å². The highest BCUT2D eigenvalue weighted by Gasteiger charge is 2.17. The van der Waals surface area contributed by atoms with E-state index in [-0.39, 0.29) is 6.10 Å². The van der Waals surface area contributed by atoms with Crippen LogP contribution in [-0.2, 0) is 11.3 Å². The summed E-state index contributed by atoms with van der Waals surface area (Å²) >= 11 is 0. The lowest BCUT2D eigenvalue weighted by Crippen LogP contribution is -2.16. The van der Waals surface area contributed by atoms with E-state index in [1.54, 1.807) is 6.20 Å². The normalized spacial score (nSPS) is 17.3. The van der Waals surface area contributed by atoms with Crippen molar-refractivity contribution in [2.45, 2.75) is 39.8 Å². The summed E-state index contributed by atoms with van der Waals surface area (Å²) in [5.74, 6) is 2.29. The van der Waals surface area contributed by atoms with E-state index in [0.29, 0.717) is 19.0 Å². The lowest BCUT2D eigenvalue weighted by molar-refractivity contribution is 0.138. The minimum atomic E-state index is 0.111. The van der Waals surface area contributed by atoms with Gasteiger partial charge in [0.1, 0.15) is 17.7 Å². The van der Waals surface area contributed by atoms with Crippen LogP contribution in [0.25, 0.3) is 0 Å². The summed E-state index contributed by atoms with van der Waals surface area (Å²) in [6.07, 6.45) is 2.80. The monoisotopic (exact) mass is 314 g/mol. The van der Waals surface area contributed by atoms with E-state index in [1.165, 1.54) is 0 Å². The summed E-state index contributed by atoms with van der Waals surface area (Å²) in [5, 5.41) is 3.37. The molecule has 0 bridgehead atoms. The molecule has 23 heavy (non-hydrogen) atoms. The van der Waals surface area contributed by atoms with E-state index in [9.17, 15) is 0 Å². The zero-order valence-electron chi connectivity index (χ0n) is 13.8. The SMILES string of the molecule is Cc1nc(C)c(C)c(NCc2ccnc(OC3CCOC3)c2)n1. The average molecular weight is 314 g/mol. The molecular weight excluding hydrogens is 292 g/mol. The zero-order valence-corrected chi connectivity index (χ0v) is 13.8. The number of pyridine rings is 1. The molecule has 3 rings (SSSR count). The van der Waals surface area contributed by atoms with Gasteiger partial charge < -0.3 is 14.8 Å². The molecule has 1 fully saturated rings. The van der Waals surface area contributed by atoms with Gasteiger partial charge >= 0.3 is 0 Å². The standard InChI is InChI=1S/C17H22N4O2/c1-11-12(2)20-13(3)21-17(11)19-9-14-4-6-18-16(8-14)23-15-5-7-22-10-15/h4,6,8,15H,5,7,9-10H2,1-3H3,(H,19,20,21). The first-order valence-corrected chi connectivity index (χ1v) is 7.87. The summed E-state index contributed by atoms with van der Waals surface area (Å²) in [6.45, 7) is 7.99. The molecule has 1 saturated heterocycles. The largest absolute Gasteiger partial charge is 0.472 e. The number of aryl methyl sites for hydroxylation is 2. The predicted molar refractivity (Wildman–Crippen MR) is 87.7 cm³/mol. The Labute approximate surface area is 136 Å². The number of ether oxygens (including phenoxy) is 2. The van der Waals surface area contributed by atoms with Gasteiger partial charge in [0.2, 0.25) is 5.88 Å². The molecule has 122 valence electrons. The Bertz CT molecular complexity index is 684. The maximum atomic E-state index is 5.84. The molecular formula is C17H22N4O2. The summed E-state index contributed by atoms with van der Waals surface area (Å²) in [7, 11) is 0. The molecule has 0 saturated carbocycles. The van der Waals surface area contributed by atoms with E-state index >= 15 is 0 Å². The number of nitrogens with one attached hydrogen (secondary N) is 1. The molecule has 3 heterocycles. The molecule has 1 atom stereocenters. The lowest BCUT2D eigenvalue weighted by atomic mass is 10.2. The third-order valence-corrected chi connectivity index (χ3v) is 3.94. The summed E-state index contributed by atoms with van der Waals surface area (Å²) < 4.78 is 11.2. The van der Waals surface area contributed by atoms with Crippen LogP contribution in [0.2, 0.25) is 0 Å². The van der Waals surface area contributed by atoms with E-state index in [1.807, 2.05) is 32.9 Å². The molecule has 1 aliphatic rings. The topological polar surface area (TPSA) is 69.2 Å². The van der Waals surface area contributed by atoms with Crippen molar-refractivity contribution >= 4 is 5.82 Å². The third kappa shape index (κ3) is 3.96. The fraction of sp³-hybridized carbons (Fsp3) is 0.471. The Morgan fingerprint density at radius 1 is 1.30 bits per heavy atom. The molecule has 2 aromatic rings. The summed E-state index contributed by atoms with van der Waals surface area (Å²) in [4.78, 5) is 13.1. The van der Waals surface area contributed by atoms with Crippen molar-refractivity contribution in [2.24, 2.45) is 0 Å². The summed E-state index contributed by atoms with van der Waals surface area (Å²) in [6, 6.07) is 3.93. The molecule has 1 aliphatic heterocycles. The Kier molecular flexibility index (Phi) is 4.71. The quantitative estimate of drug-likeness (QED) is 0.915. The van der Waals surface area contributed by atoms with Crippen LogP contribution < -0.4 is 10.1 Å². The number of rotatable bonds is 5. The molecule has 1 unspecified atom stereocenters. The van der Waals surface area contributed by atoms with Gasteiger partial charge in [-0.15, -0.1) is 0 Å². The van der Waals surface area contributed by atoms with Gasteiger partial charge in [0.25, 0.3) is 0 Å². The number of aromatic nitrogens is 3. The van der Waals surface area contributed by atoms with Gasteiger partial charge in [-0.2, -0.15) is 0 Å². The highest BCUT2D eigenvalue weighted by Crippen LogP contribution is 2.18. The minimum absolute atomic E-state index is 0.111. The number of hydrogen-bond donors (Lipinski definition) is 1. The second-order valence-electron chi connectivity index (χ2n) is 5.79. The average Bonchev–Trinajstić information content (AvgIpc) is 3.03. The van der Waals surface area contributed by atoms with Crippen LogP contribution in [0.3, 0.4) is 0 Å². The maximum Gasteiger partial charge on any atom is 0.213 e. The van der Waals surface area contributed by atoms with Crippen LogP contribution in [0.4, 0.5) is 5.82 Å². The Morgan fingerprint density at radius 3 is 2.96 bits per heavy atom. The maximum absolute atomic E-state index is 5.84. The van der Waals surface area contributed by atoms with Crippen LogP contribution >= 0.6 is 0 Å². The van der Waals surface area contributed by atoms with Crippen molar-refractivity contribution in [1.82, 2.24) is 15.0 Å². The molecule has 1 N–H and O–H groups in total. The second kappa shape index (κ2) is 6.91. The van der Waals surface area contributed by atoms with Crippen LogP contribution in [0.5, 0.6) is 5.88 Å². The van der Waals surface area contributed by atoms with Gasteiger partial charge in [-0.25, -0.2) is 15.0 Å². The Hall–Kier alpha value is -2.21. The Morgan fingerprint density at radius 2 is 2.17 bits per heavy atom. The van der Waals surface area contributed by atoms with Gasteiger partial charge in [0.05, 0.1) is 13.2 Å².